The van der Waals surface area contributed by atoms with Gasteiger partial charge in [-0.25, -0.2) is 0 Å². The number of ether oxygens (including phenoxy) is 1. The van der Waals surface area contributed by atoms with E-state index in [0.717, 1.165) is 12.8 Å². The second-order valence-electron chi connectivity index (χ2n) is 4.16. The van der Waals surface area contributed by atoms with Gasteiger partial charge in [-0.1, -0.05) is 26.7 Å². The summed E-state index contributed by atoms with van der Waals surface area (Å²) in [7, 11) is 3.69. The molecule has 96 valence electrons. The molecule has 0 bridgehead atoms. The third-order valence-electron chi connectivity index (χ3n) is 2.62. The van der Waals surface area contributed by atoms with Crippen molar-refractivity contribution in [3.63, 3.8) is 0 Å². The molecule has 6 heteroatoms. The highest BCUT2D eigenvalue weighted by molar-refractivity contribution is 5.33. The fraction of sp³-hybridized carbons (Fsp3) is 0.727. The summed E-state index contributed by atoms with van der Waals surface area (Å²) in [4.78, 5) is 13.9. The van der Waals surface area contributed by atoms with E-state index in [9.17, 15) is 0 Å². The van der Waals surface area contributed by atoms with Crippen LogP contribution in [0.4, 0.5) is 11.9 Å². The second-order valence-corrected chi connectivity index (χ2v) is 4.16. The molecular formula is C11H21N5O. The summed E-state index contributed by atoms with van der Waals surface area (Å²) in [6, 6.07) is 0.299. The maximum absolute atomic E-state index is 5.60. The van der Waals surface area contributed by atoms with Crippen molar-refractivity contribution >= 4 is 11.9 Å². The summed E-state index contributed by atoms with van der Waals surface area (Å²) in [6.45, 7) is 4.90. The van der Waals surface area contributed by atoms with Crippen LogP contribution >= 0.6 is 0 Å². The number of hydrogen-bond acceptors (Lipinski definition) is 6. The summed E-state index contributed by atoms with van der Waals surface area (Å²) in [5, 5.41) is 0. The first-order valence-electron chi connectivity index (χ1n) is 5.88. The van der Waals surface area contributed by atoms with Gasteiger partial charge in [0.1, 0.15) is 0 Å². The van der Waals surface area contributed by atoms with Crippen molar-refractivity contribution in [2.75, 3.05) is 31.3 Å². The van der Waals surface area contributed by atoms with E-state index in [4.69, 9.17) is 10.5 Å². The lowest BCUT2D eigenvalue weighted by Crippen LogP contribution is -2.17. The Morgan fingerprint density at radius 2 is 1.82 bits per heavy atom. The van der Waals surface area contributed by atoms with E-state index in [-0.39, 0.29) is 5.95 Å². The maximum atomic E-state index is 5.60. The van der Waals surface area contributed by atoms with Crippen molar-refractivity contribution in [3.8, 4) is 6.01 Å². The van der Waals surface area contributed by atoms with E-state index < -0.39 is 0 Å². The lowest BCUT2D eigenvalue weighted by molar-refractivity contribution is 0.224. The third-order valence-corrected chi connectivity index (χ3v) is 2.62. The molecule has 0 unspecified atom stereocenters. The Balaban J connectivity index is 2.70. The van der Waals surface area contributed by atoms with Crippen LogP contribution in [0.15, 0.2) is 0 Å². The first-order valence-corrected chi connectivity index (χ1v) is 5.88. The zero-order valence-corrected chi connectivity index (χ0v) is 11.0. The van der Waals surface area contributed by atoms with Crippen LogP contribution in [0.2, 0.25) is 0 Å². The minimum atomic E-state index is 0.184. The van der Waals surface area contributed by atoms with Gasteiger partial charge in [0.2, 0.25) is 11.9 Å². The molecular weight excluding hydrogens is 218 g/mol. The van der Waals surface area contributed by atoms with Crippen LogP contribution in [0.3, 0.4) is 0 Å². The topological polar surface area (TPSA) is 77.2 Å². The van der Waals surface area contributed by atoms with Gasteiger partial charge in [-0.05, 0) is 5.92 Å². The zero-order chi connectivity index (χ0) is 12.8. The van der Waals surface area contributed by atoms with Crippen LogP contribution in [-0.2, 0) is 0 Å². The summed E-state index contributed by atoms with van der Waals surface area (Å²) >= 11 is 0. The quantitative estimate of drug-likeness (QED) is 0.807. The summed E-state index contributed by atoms with van der Waals surface area (Å²) in [5.74, 6) is 1.22. The average Bonchev–Trinajstić information content (AvgIpc) is 2.29. The maximum Gasteiger partial charge on any atom is 0.323 e. The summed E-state index contributed by atoms with van der Waals surface area (Å²) in [6.07, 6.45) is 2.16. The Hall–Kier alpha value is -1.59. The standard InChI is InChI=1S/C11H21N5O/c1-5-8(6-2)7-17-11-14-9(12)13-10(15-11)16(3)4/h8H,5-7H2,1-4H3,(H2,12,13,14,15). The molecule has 0 fully saturated rings. The predicted octanol–water partition coefficient (Wildman–Crippen LogP) is 1.33. The molecule has 0 aliphatic rings. The molecule has 0 amide bonds. The van der Waals surface area contributed by atoms with Crippen LogP contribution in [0.5, 0.6) is 6.01 Å². The van der Waals surface area contributed by atoms with Crippen molar-refractivity contribution in [1.29, 1.82) is 0 Å². The highest BCUT2D eigenvalue weighted by Crippen LogP contribution is 2.13. The SMILES string of the molecule is CCC(CC)COc1nc(N)nc(N(C)C)n1. The van der Waals surface area contributed by atoms with Gasteiger partial charge in [-0.3, -0.25) is 0 Å². The van der Waals surface area contributed by atoms with Crippen molar-refractivity contribution in [2.24, 2.45) is 5.92 Å². The molecule has 1 aromatic rings. The normalized spacial score (nSPS) is 10.6. The number of nitrogen functional groups attached to an aromatic ring is 1. The van der Waals surface area contributed by atoms with E-state index >= 15 is 0 Å². The first kappa shape index (κ1) is 13.5. The van der Waals surface area contributed by atoms with E-state index in [0.29, 0.717) is 24.5 Å². The minimum absolute atomic E-state index is 0.184. The molecule has 0 aliphatic carbocycles. The molecule has 1 heterocycles. The number of rotatable bonds is 6. The van der Waals surface area contributed by atoms with Gasteiger partial charge in [-0.2, -0.15) is 15.0 Å². The third kappa shape index (κ3) is 4.05. The van der Waals surface area contributed by atoms with Gasteiger partial charge < -0.3 is 15.4 Å². The number of aromatic nitrogens is 3. The molecule has 0 aromatic carbocycles. The van der Waals surface area contributed by atoms with Crippen LogP contribution in [0.1, 0.15) is 26.7 Å². The Labute approximate surface area is 102 Å². The van der Waals surface area contributed by atoms with Crippen molar-refractivity contribution in [1.82, 2.24) is 15.0 Å². The van der Waals surface area contributed by atoms with Gasteiger partial charge in [0.05, 0.1) is 6.61 Å². The molecule has 6 nitrogen and oxygen atoms in total. The van der Waals surface area contributed by atoms with Crippen LogP contribution < -0.4 is 15.4 Å². The number of nitrogens with two attached hydrogens (primary N) is 1. The van der Waals surface area contributed by atoms with Gasteiger partial charge in [0, 0.05) is 14.1 Å². The Bertz CT molecular complexity index is 352. The van der Waals surface area contributed by atoms with Crippen LogP contribution in [0.25, 0.3) is 0 Å². The van der Waals surface area contributed by atoms with Gasteiger partial charge in [0.25, 0.3) is 0 Å². The van der Waals surface area contributed by atoms with Crippen molar-refractivity contribution in [3.05, 3.63) is 0 Å². The Morgan fingerprint density at radius 3 is 2.35 bits per heavy atom. The minimum Gasteiger partial charge on any atom is -0.463 e. The Morgan fingerprint density at radius 1 is 1.18 bits per heavy atom. The molecule has 17 heavy (non-hydrogen) atoms. The Kier molecular flexibility index (Phi) is 4.93. The lowest BCUT2D eigenvalue weighted by Gasteiger charge is -2.14. The van der Waals surface area contributed by atoms with Crippen molar-refractivity contribution in [2.45, 2.75) is 26.7 Å². The smallest absolute Gasteiger partial charge is 0.323 e. The molecule has 0 radical (unpaired) electrons. The van der Waals surface area contributed by atoms with E-state index in [2.05, 4.69) is 28.8 Å². The number of nitrogens with zero attached hydrogens (tertiary/aromatic N) is 4. The fourth-order valence-corrected chi connectivity index (χ4v) is 1.34. The molecule has 0 saturated heterocycles. The van der Waals surface area contributed by atoms with Crippen LogP contribution in [-0.4, -0.2) is 35.7 Å². The monoisotopic (exact) mass is 239 g/mol. The fourth-order valence-electron chi connectivity index (χ4n) is 1.34. The molecule has 0 spiro atoms. The lowest BCUT2D eigenvalue weighted by atomic mass is 10.1. The molecule has 0 atom stereocenters. The molecule has 0 saturated carbocycles. The summed E-state index contributed by atoms with van der Waals surface area (Å²) < 4.78 is 5.55. The number of anilines is 2. The van der Waals surface area contributed by atoms with Gasteiger partial charge >= 0.3 is 6.01 Å². The van der Waals surface area contributed by atoms with Crippen LogP contribution in [0, 0.1) is 5.92 Å². The highest BCUT2D eigenvalue weighted by Gasteiger charge is 2.09. The zero-order valence-electron chi connectivity index (χ0n) is 11.0. The van der Waals surface area contributed by atoms with Gasteiger partial charge in [0.15, 0.2) is 0 Å². The molecule has 1 aromatic heterocycles. The van der Waals surface area contributed by atoms with E-state index in [1.165, 1.54) is 0 Å². The number of hydrogen-bond donors (Lipinski definition) is 1. The summed E-state index contributed by atoms with van der Waals surface area (Å²) in [5.41, 5.74) is 5.60. The molecule has 0 aliphatic heterocycles. The highest BCUT2D eigenvalue weighted by atomic mass is 16.5. The van der Waals surface area contributed by atoms with E-state index in [1.54, 1.807) is 4.90 Å². The second kappa shape index (κ2) is 6.22. The first-order chi connectivity index (χ1) is 8.06. The largest absolute Gasteiger partial charge is 0.463 e. The predicted molar refractivity (Wildman–Crippen MR) is 68.1 cm³/mol. The van der Waals surface area contributed by atoms with Crippen molar-refractivity contribution < 1.29 is 4.74 Å². The molecule has 1 rings (SSSR count). The van der Waals surface area contributed by atoms with E-state index in [1.807, 2.05) is 14.1 Å². The average molecular weight is 239 g/mol. The van der Waals surface area contributed by atoms with Gasteiger partial charge in [-0.15, -0.1) is 0 Å². The molecule has 2 N–H and O–H groups in total.